The van der Waals surface area contributed by atoms with Crippen LogP contribution in [0, 0.1) is 0 Å². The summed E-state index contributed by atoms with van der Waals surface area (Å²) in [5.41, 5.74) is 0.887. The molecule has 0 unspecified atom stereocenters. The van der Waals surface area contributed by atoms with Gasteiger partial charge < -0.3 is 28.9 Å². The van der Waals surface area contributed by atoms with Crippen LogP contribution in [0.3, 0.4) is 0 Å². The number of aromatic nitrogens is 6. The van der Waals surface area contributed by atoms with E-state index in [1.165, 1.54) is 13.8 Å². The lowest BCUT2D eigenvalue weighted by atomic mass is 9.90. The minimum absolute atomic E-state index is 0.281. The second-order valence-electron chi connectivity index (χ2n) is 10.7. The zero-order valence-electron chi connectivity index (χ0n) is 23.0. The van der Waals surface area contributed by atoms with Crippen molar-refractivity contribution in [2.75, 3.05) is 51.4 Å². The number of hydrogen-bond acceptors (Lipinski definition) is 9. The molecule has 1 N–H and O–H groups in total. The Morgan fingerprint density at radius 2 is 1.85 bits per heavy atom. The van der Waals surface area contributed by atoms with Crippen molar-refractivity contribution in [3.8, 4) is 5.95 Å². The summed E-state index contributed by atoms with van der Waals surface area (Å²) in [5.74, 6) is 2.45. The Kier molecular flexibility index (Phi) is 6.08. The molecule has 1 aromatic carbocycles. The van der Waals surface area contributed by atoms with Gasteiger partial charge in [-0.1, -0.05) is 19.1 Å². The van der Waals surface area contributed by atoms with Gasteiger partial charge in [-0.05, 0) is 26.0 Å². The number of aryl methyl sites for hydroxylation is 2. The number of amides is 1. The van der Waals surface area contributed by atoms with Crippen LogP contribution in [-0.4, -0.2) is 97.1 Å². The molecule has 0 aliphatic carbocycles. The van der Waals surface area contributed by atoms with Crippen molar-refractivity contribution in [2.24, 2.45) is 7.05 Å². The Morgan fingerprint density at radius 3 is 2.51 bits per heavy atom. The topological polar surface area (TPSA) is 124 Å². The highest BCUT2D eigenvalue weighted by molar-refractivity contribution is 5.87. The molecular weight excluding hydrogens is 500 g/mol. The number of methoxy groups -OCH3 is 1. The van der Waals surface area contributed by atoms with Crippen LogP contribution < -0.4 is 4.90 Å². The highest BCUT2D eigenvalue weighted by Crippen LogP contribution is 2.38. The van der Waals surface area contributed by atoms with Gasteiger partial charge in [0.2, 0.25) is 5.95 Å². The van der Waals surface area contributed by atoms with Crippen molar-refractivity contribution in [1.29, 1.82) is 0 Å². The molecule has 2 saturated heterocycles. The molecule has 0 spiro atoms. The predicted molar refractivity (Wildman–Crippen MR) is 145 cm³/mol. The molecule has 2 aliphatic rings. The van der Waals surface area contributed by atoms with E-state index >= 15 is 0 Å². The first-order valence-electron chi connectivity index (χ1n) is 13.3. The zero-order chi connectivity index (χ0) is 27.5. The molecule has 0 atom stereocenters. The van der Waals surface area contributed by atoms with Crippen LogP contribution in [0.15, 0.2) is 24.3 Å². The molecule has 2 aliphatic heterocycles. The molecule has 4 aromatic rings. The number of hydrogen-bond donors (Lipinski definition) is 1. The second kappa shape index (κ2) is 9.25. The quantitative estimate of drug-likeness (QED) is 0.392. The fourth-order valence-electron chi connectivity index (χ4n) is 5.54. The van der Waals surface area contributed by atoms with Crippen LogP contribution in [0.5, 0.6) is 0 Å². The standard InChI is InChI=1S/C27H34N8O4/c1-6-19-28-17-9-7-8-10-18(17)35(19)25-30-21-20(22(31-25)33-11-13-39-14-12-33)29-23(32(21)4)27(38-5)15-34(16-27)24(36)26(2,3)37/h7-10,37H,6,11-16H2,1-5H3. The first-order chi connectivity index (χ1) is 18.7. The Bertz CT molecular complexity index is 1560. The van der Waals surface area contributed by atoms with E-state index in [1.54, 1.807) is 12.0 Å². The SMILES string of the molecule is CCc1nc2ccccc2n1-c1nc(N2CCOCC2)c2nc(C3(OC)CN(C(=O)C(C)(C)O)C3)n(C)c2n1. The first-order valence-corrected chi connectivity index (χ1v) is 13.3. The Labute approximate surface area is 226 Å². The van der Waals surface area contributed by atoms with Crippen molar-refractivity contribution < 1.29 is 19.4 Å². The van der Waals surface area contributed by atoms with Gasteiger partial charge in [0.1, 0.15) is 17.2 Å². The minimum atomic E-state index is -1.46. The van der Waals surface area contributed by atoms with Gasteiger partial charge in [-0.15, -0.1) is 0 Å². The van der Waals surface area contributed by atoms with Crippen LogP contribution >= 0.6 is 0 Å². The van der Waals surface area contributed by atoms with Gasteiger partial charge in [0, 0.05) is 33.7 Å². The van der Waals surface area contributed by atoms with Crippen molar-refractivity contribution in [2.45, 2.75) is 38.4 Å². The number of benzene rings is 1. The maximum Gasteiger partial charge on any atom is 0.254 e. The molecule has 206 valence electrons. The monoisotopic (exact) mass is 534 g/mol. The number of imidazole rings is 2. The van der Waals surface area contributed by atoms with E-state index in [9.17, 15) is 9.90 Å². The fourth-order valence-corrected chi connectivity index (χ4v) is 5.54. The highest BCUT2D eigenvalue weighted by atomic mass is 16.5. The Morgan fingerprint density at radius 1 is 1.13 bits per heavy atom. The first kappa shape index (κ1) is 25.7. The average Bonchev–Trinajstić information content (AvgIpc) is 3.46. The molecule has 0 bridgehead atoms. The van der Waals surface area contributed by atoms with Gasteiger partial charge in [-0.2, -0.15) is 9.97 Å². The summed E-state index contributed by atoms with van der Waals surface area (Å²) in [5, 5.41) is 10.2. The van der Waals surface area contributed by atoms with Gasteiger partial charge in [-0.3, -0.25) is 9.36 Å². The van der Waals surface area contributed by atoms with Gasteiger partial charge >= 0.3 is 0 Å². The number of aliphatic hydroxyl groups is 1. The highest BCUT2D eigenvalue weighted by Gasteiger charge is 2.52. The van der Waals surface area contributed by atoms with Gasteiger partial charge in [0.25, 0.3) is 5.91 Å². The largest absolute Gasteiger partial charge is 0.381 e. The lowest BCUT2D eigenvalue weighted by molar-refractivity contribution is -0.180. The summed E-state index contributed by atoms with van der Waals surface area (Å²) in [6.45, 7) is 8.20. The van der Waals surface area contributed by atoms with Crippen molar-refractivity contribution in [3.63, 3.8) is 0 Å². The molecule has 39 heavy (non-hydrogen) atoms. The second-order valence-corrected chi connectivity index (χ2v) is 10.7. The number of anilines is 1. The van der Waals surface area contributed by atoms with Gasteiger partial charge in [0.05, 0.1) is 37.3 Å². The number of ether oxygens (including phenoxy) is 2. The van der Waals surface area contributed by atoms with Gasteiger partial charge in [0.15, 0.2) is 22.6 Å². The molecule has 12 heteroatoms. The third kappa shape index (κ3) is 4.05. The van der Waals surface area contributed by atoms with E-state index in [-0.39, 0.29) is 19.0 Å². The molecule has 0 saturated carbocycles. The number of carbonyl (C=O) groups is 1. The number of likely N-dealkylation sites (tertiary alicyclic amines) is 1. The summed E-state index contributed by atoms with van der Waals surface area (Å²) in [6, 6.07) is 7.99. The van der Waals surface area contributed by atoms with Crippen molar-refractivity contribution in [1.82, 2.24) is 34.0 Å². The maximum absolute atomic E-state index is 12.7. The van der Waals surface area contributed by atoms with Crippen molar-refractivity contribution >= 4 is 33.9 Å². The van der Waals surface area contributed by atoms with E-state index in [2.05, 4.69) is 11.8 Å². The number of para-hydroxylation sites is 2. The fraction of sp³-hybridized carbons (Fsp3) is 0.519. The molecule has 6 rings (SSSR count). The molecule has 3 aromatic heterocycles. The minimum Gasteiger partial charge on any atom is -0.381 e. The van der Waals surface area contributed by atoms with Gasteiger partial charge in [-0.25, -0.2) is 9.97 Å². The van der Waals surface area contributed by atoms with E-state index in [1.807, 2.05) is 40.4 Å². The van der Waals surface area contributed by atoms with Crippen LogP contribution in [-0.2, 0) is 33.3 Å². The number of rotatable bonds is 6. The lowest BCUT2D eigenvalue weighted by Gasteiger charge is -2.49. The number of morpholine rings is 1. The Hall–Kier alpha value is -3.61. The molecule has 12 nitrogen and oxygen atoms in total. The van der Waals surface area contributed by atoms with Crippen LogP contribution in [0.1, 0.15) is 32.4 Å². The molecule has 2 fully saturated rings. The van der Waals surface area contributed by atoms with Crippen molar-refractivity contribution in [3.05, 3.63) is 35.9 Å². The Balaban J connectivity index is 1.52. The number of nitrogens with zero attached hydrogens (tertiary/aromatic N) is 8. The van der Waals surface area contributed by atoms with Crippen LogP contribution in [0.25, 0.3) is 28.1 Å². The van der Waals surface area contributed by atoms with Crippen LogP contribution in [0.4, 0.5) is 5.82 Å². The van der Waals surface area contributed by atoms with Crippen LogP contribution in [0.2, 0.25) is 0 Å². The smallest absolute Gasteiger partial charge is 0.254 e. The van der Waals surface area contributed by atoms with E-state index < -0.39 is 11.2 Å². The third-order valence-corrected chi connectivity index (χ3v) is 7.65. The summed E-state index contributed by atoms with van der Waals surface area (Å²) >= 11 is 0. The summed E-state index contributed by atoms with van der Waals surface area (Å²) in [6.07, 6.45) is 0.720. The molecule has 5 heterocycles. The molecule has 1 amide bonds. The normalized spacial score (nSPS) is 17.7. The summed E-state index contributed by atoms with van der Waals surface area (Å²) < 4.78 is 15.6. The average molecular weight is 535 g/mol. The number of fused-ring (bicyclic) bond motifs is 2. The van der Waals surface area contributed by atoms with E-state index in [4.69, 9.17) is 29.4 Å². The maximum atomic E-state index is 12.7. The number of carbonyl (C=O) groups excluding carboxylic acids is 1. The molecule has 0 radical (unpaired) electrons. The predicted octanol–water partition coefficient (Wildman–Crippen LogP) is 1.56. The summed E-state index contributed by atoms with van der Waals surface area (Å²) in [4.78, 5) is 36.4. The third-order valence-electron chi connectivity index (χ3n) is 7.65. The van der Waals surface area contributed by atoms with E-state index in [0.717, 1.165) is 29.1 Å². The zero-order valence-corrected chi connectivity index (χ0v) is 23.0. The van der Waals surface area contributed by atoms with E-state index in [0.29, 0.717) is 49.2 Å². The summed E-state index contributed by atoms with van der Waals surface area (Å²) in [7, 11) is 3.54. The lowest BCUT2D eigenvalue weighted by Crippen LogP contribution is -2.66. The molecular formula is C27H34N8O4.